The number of benzene rings is 1. The molecule has 0 aliphatic carbocycles. The maximum atomic E-state index is 13.4. The molecule has 0 bridgehead atoms. The Bertz CT molecular complexity index is 1110. The van der Waals surface area contributed by atoms with Crippen molar-refractivity contribution in [2.75, 3.05) is 11.9 Å². The van der Waals surface area contributed by atoms with Gasteiger partial charge in [-0.3, -0.25) is 14.9 Å². The number of hydrogen-bond donors (Lipinski definition) is 2. The highest BCUT2D eigenvalue weighted by atomic mass is 32.2. The molecule has 0 fully saturated rings. The molecule has 9 nitrogen and oxygen atoms in total. The first-order valence-electron chi connectivity index (χ1n) is 10.7. The number of fused-ring (bicyclic) bond motifs is 1. The average molecular weight is 464 g/mol. The van der Waals surface area contributed by atoms with Crippen molar-refractivity contribution in [2.45, 2.75) is 57.9 Å². The van der Waals surface area contributed by atoms with Gasteiger partial charge in [-0.1, -0.05) is 34.1 Å². The molecule has 0 saturated heterocycles. The smallest absolute Gasteiger partial charge is 0.270 e. The van der Waals surface area contributed by atoms with Gasteiger partial charge >= 0.3 is 0 Å². The summed E-state index contributed by atoms with van der Waals surface area (Å²) in [6.07, 6.45) is 2.43. The van der Waals surface area contributed by atoms with Crippen LogP contribution in [0.2, 0.25) is 0 Å². The summed E-state index contributed by atoms with van der Waals surface area (Å²) in [5.74, 6) is -0.218. The molecule has 174 valence electrons. The normalized spacial score (nSPS) is 20.8. The van der Waals surface area contributed by atoms with E-state index in [1.807, 2.05) is 27.7 Å². The Labute approximate surface area is 187 Å². The molecule has 0 aromatic heterocycles. The van der Waals surface area contributed by atoms with Gasteiger partial charge in [0.15, 0.2) is 0 Å². The van der Waals surface area contributed by atoms with Crippen LogP contribution in [-0.2, 0) is 14.6 Å². The van der Waals surface area contributed by atoms with Gasteiger partial charge in [-0.25, -0.2) is 8.42 Å². The van der Waals surface area contributed by atoms with Gasteiger partial charge in [0.2, 0.25) is 9.84 Å². The van der Waals surface area contributed by atoms with Crippen LogP contribution in [0.3, 0.4) is 0 Å². The van der Waals surface area contributed by atoms with Crippen LogP contribution in [-0.4, -0.2) is 41.8 Å². The predicted octanol–water partition coefficient (Wildman–Crippen LogP) is 4.14. The third-order valence-electron chi connectivity index (χ3n) is 5.87. The molecule has 10 heteroatoms. The van der Waals surface area contributed by atoms with Crippen molar-refractivity contribution in [1.82, 2.24) is 4.90 Å². The number of nitro groups is 1. The fourth-order valence-electron chi connectivity index (χ4n) is 4.23. The van der Waals surface area contributed by atoms with Crippen molar-refractivity contribution in [1.29, 1.82) is 0 Å². The zero-order valence-electron chi connectivity index (χ0n) is 18.7. The number of carbonyl (C=O) groups is 1. The third-order valence-corrected chi connectivity index (χ3v) is 7.37. The lowest BCUT2D eigenvalue weighted by Crippen LogP contribution is -2.41. The van der Waals surface area contributed by atoms with E-state index in [0.29, 0.717) is 12.5 Å². The molecule has 2 atom stereocenters. The van der Waals surface area contributed by atoms with E-state index in [-0.39, 0.29) is 39.2 Å². The van der Waals surface area contributed by atoms with Crippen molar-refractivity contribution in [3.05, 3.63) is 50.8 Å². The van der Waals surface area contributed by atoms with E-state index in [9.17, 15) is 28.4 Å². The molecule has 0 radical (unpaired) electrons. The molecule has 0 saturated carbocycles. The average Bonchev–Trinajstić information content (AvgIpc) is 2.95. The molecule has 32 heavy (non-hydrogen) atoms. The van der Waals surface area contributed by atoms with E-state index < -0.39 is 26.7 Å². The number of aliphatic hydroxyl groups is 1. The highest BCUT2D eigenvalue weighted by Crippen LogP contribution is 2.39. The van der Waals surface area contributed by atoms with Crippen LogP contribution in [0.1, 0.15) is 47.0 Å². The van der Waals surface area contributed by atoms with Crippen molar-refractivity contribution in [2.24, 2.45) is 11.8 Å². The Kier molecular flexibility index (Phi) is 6.64. The van der Waals surface area contributed by atoms with Crippen molar-refractivity contribution >= 4 is 27.1 Å². The molecule has 1 amide bonds. The fourth-order valence-corrected chi connectivity index (χ4v) is 5.56. The van der Waals surface area contributed by atoms with Crippen LogP contribution < -0.4 is 5.32 Å². The van der Waals surface area contributed by atoms with Gasteiger partial charge in [0.05, 0.1) is 27.8 Å². The Hall–Kier alpha value is -2.88. The molecule has 1 aromatic rings. The number of nitrogens with one attached hydrogen (secondary N) is 1. The fraction of sp³-hybridized carbons (Fsp3) is 0.500. The van der Waals surface area contributed by atoms with Crippen LogP contribution >= 0.6 is 0 Å². The molecule has 2 unspecified atom stereocenters. The molecule has 2 heterocycles. The lowest BCUT2D eigenvalue weighted by molar-refractivity contribution is -0.385. The van der Waals surface area contributed by atoms with E-state index >= 15 is 0 Å². The number of aliphatic hydroxyl groups excluding tert-OH is 1. The van der Waals surface area contributed by atoms with Crippen molar-refractivity contribution in [3.63, 3.8) is 0 Å². The number of nitro benzene ring substituents is 1. The highest BCUT2D eigenvalue weighted by molar-refractivity contribution is 7.94. The van der Waals surface area contributed by atoms with E-state index in [1.54, 1.807) is 4.90 Å². The summed E-state index contributed by atoms with van der Waals surface area (Å²) in [7, 11) is -4.07. The number of nitrogens with zero attached hydrogens (tertiary/aromatic N) is 2. The van der Waals surface area contributed by atoms with E-state index in [1.165, 1.54) is 12.1 Å². The Morgan fingerprint density at radius 1 is 1.25 bits per heavy atom. The van der Waals surface area contributed by atoms with Crippen LogP contribution in [0.4, 0.5) is 11.4 Å². The summed E-state index contributed by atoms with van der Waals surface area (Å²) in [6, 6.07) is 2.94. The first-order valence-corrected chi connectivity index (χ1v) is 12.3. The maximum absolute atomic E-state index is 13.4. The lowest BCUT2D eigenvalue weighted by Gasteiger charge is -2.30. The van der Waals surface area contributed by atoms with Gasteiger partial charge < -0.3 is 15.3 Å². The van der Waals surface area contributed by atoms with Crippen LogP contribution in [0, 0.1) is 22.0 Å². The number of rotatable bonds is 8. The van der Waals surface area contributed by atoms with E-state index in [2.05, 4.69) is 5.32 Å². The van der Waals surface area contributed by atoms with Gasteiger partial charge in [0, 0.05) is 18.7 Å². The summed E-state index contributed by atoms with van der Waals surface area (Å²) in [4.78, 5) is 25.1. The van der Waals surface area contributed by atoms with Gasteiger partial charge in [-0.15, -0.1) is 0 Å². The second-order valence-electron chi connectivity index (χ2n) is 8.79. The Morgan fingerprint density at radius 3 is 2.53 bits per heavy atom. The van der Waals surface area contributed by atoms with Gasteiger partial charge in [0.1, 0.15) is 16.2 Å². The topological polar surface area (TPSA) is 130 Å². The number of anilines is 1. The molecule has 2 aliphatic rings. The SMILES string of the molecule is CCCC(C)C1C(O)=C(C2=CS(=O)(=O)c3cc([N+](=O)[O-])ccc3N2)C(=O)N1CCC(C)C. The Morgan fingerprint density at radius 2 is 1.94 bits per heavy atom. The number of amides is 1. The highest BCUT2D eigenvalue weighted by Gasteiger charge is 2.44. The van der Waals surface area contributed by atoms with Gasteiger partial charge in [0.25, 0.3) is 11.6 Å². The Balaban J connectivity index is 2.05. The first-order chi connectivity index (χ1) is 15.0. The second kappa shape index (κ2) is 8.93. The van der Waals surface area contributed by atoms with E-state index in [4.69, 9.17) is 0 Å². The predicted molar refractivity (Wildman–Crippen MR) is 121 cm³/mol. The molecule has 1 aromatic carbocycles. The summed E-state index contributed by atoms with van der Waals surface area (Å²) >= 11 is 0. The molecule has 2 N–H and O–H groups in total. The molecular formula is C22H29N3O6S. The minimum absolute atomic E-state index is 0.00987. The zero-order valence-corrected chi connectivity index (χ0v) is 19.5. The summed E-state index contributed by atoms with van der Waals surface area (Å²) < 4.78 is 25.7. The largest absolute Gasteiger partial charge is 0.509 e. The molecule has 2 aliphatic heterocycles. The van der Waals surface area contributed by atoms with Crippen molar-refractivity contribution in [3.8, 4) is 0 Å². The van der Waals surface area contributed by atoms with Crippen LogP contribution in [0.5, 0.6) is 0 Å². The quantitative estimate of drug-likeness (QED) is 0.438. The minimum atomic E-state index is -4.07. The van der Waals surface area contributed by atoms with Gasteiger partial charge in [-0.2, -0.15) is 0 Å². The third kappa shape index (κ3) is 4.36. The standard InChI is InChI=1S/C22H29N3O6S/c1-5-6-14(4)20-21(26)19(22(27)24(20)10-9-13(2)3)17-12-32(30,31)18-11-15(25(28)29)7-8-16(18)23-17/h7-8,11-14,20,23,26H,5-6,9-10H2,1-4H3. The second-order valence-corrected chi connectivity index (χ2v) is 10.6. The summed E-state index contributed by atoms with van der Waals surface area (Å²) in [5.41, 5.74) is -0.304. The minimum Gasteiger partial charge on any atom is -0.509 e. The lowest BCUT2D eigenvalue weighted by atomic mass is 9.94. The number of carbonyl (C=O) groups excluding carboxylic acids is 1. The molecule has 0 spiro atoms. The van der Waals surface area contributed by atoms with Crippen LogP contribution in [0.25, 0.3) is 0 Å². The summed E-state index contributed by atoms with van der Waals surface area (Å²) in [5, 5.41) is 25.9. The number of non-ortho nitro benzene ring substituents is 1. The first kappa shape index (κ1) is 23.8. The molecule has 3 rings (SSSR count). The van der Waals surface area contributed by atoms with Crippen LogP contribution in [0.15, 0.2) is 45.5 Å². The van der Waals surface area contributed by atoms with E-state index in [0.717, 1.165) is 30.7 Å². The maximum Gasteiger partial charge on any atom is 0.270 e. The van der Waals surface area contributed by atoms with Gasteiger partial charge in [-0.05, 0) is 30.7 Å². The summed E-state index contributed by atoms with van der Waals surface area (Å²) in [6.45, 7) is 8.55. The molecular weight excluding hydrogens is 434 g/mol. The monoisotopic (exact) mass is 463 g/mol. The number of hydrogen-bond acceptors (Lipinski definition) is 7. The number of sulfone groups is 1. The zero-order chi connectivity index (χ0) is 23.8. The van der Waals surface area contributed by atoms with Crippen molar-refractivity contribution < 1.29 is 23.2 Å².